The molecule has 0 spiro atoms. The molecule has 1 amide bonds. The molecule has 7 nitrogen and oxygen atoms in total. The molecule has 0 saturated carbocycles. The Balaban J connectivity index is 1.93. The number of ether oxygens (including phenoxy) is 1. The monoisotopic (exact) mass is 327 g/mol. The molecule has 1 heterocycles. The molecule has 0 saturated heterocycles. The number of ketones is 1. The highest BCUT2D eigenvalue weighted by Gasteiger charge is 2.29. The Bertz CT molecular complexity index is 821. The highest BCUT2D eigenvalue weighted by Crippen LogP contribution is 2.25. The van der Waals surface area contributed by atoms with E-state index in [9.17, 15) is 14.4 Å². The highest BCUT2D eigenvalue weighted by molar-refractivity contribution is 6.07. The zero-order valence-corrected chi connectivity index (χ0v) is 13.2. The number of Topliss-reactive ketones (excluding diaryl/α,β-unsaturated/α-hetero) is 1. The topological polar surface area (TPSA) is 104 Å². The quantitative estimate of drug-likeness (QED) is 0.853. The number of rotatable bonds is 4. The number of benzene rings is 1. The molecular weight excluding hydrogens is 310 g/mol. The number of fused-ring (bicyclic) bond motifs is 1. The van der Waals surface area contributed by atoms with Gasteiger partial charge in [-0.1, -0.05) is 12.1 Å². The van der Waals surface area contributed by atoms with Gasteiger partial charge < -0.3 is 10.5 Å². The van der Waals surface area contributed by atoms with Gasteiger partial charge in [0.25, 0.3) is 5.91 Å². The molecule has 7 heteroatoms. The van der Waals surface area contributed by atoms with Gasteiger partial charge in [0, 0.05) is 6.42 Å². The molecule has 0 aliphatic heterocycles. The third-order valence-corrected chi connectivity index (χ3v) is 4.09. The van der Waals surface area contributed by atoms with E-state index < -0.39 is 11.9 Å². The van der Waals surface area contributed by atoms with Crippen molar-refractivity contribution in [2.45, 2.75) is 25.8 Å². The maximum atomic E-state index is 12.1. The SMILES string of the molecule is COC(=O)c1ccc(Cn2nc(C(N)=O)c3c2CCCC3=O)cc1. The van der Waals surface area contributed by atoms with E-state index in [0.29, 0.717) is 30.5 Å². The van der Waals surface area contributed by atoms with Crippen LogP contribution in [0, 0.1) is 0 Å². The maximum absolute atomic E-state index is 12.1. The van der Waals surface area contributed by atoms with Gasteiger partial charge >= 0.3 is 5.97 Å². The summed E-state index contributed by atoms with van der Waals surface area (Å²) in [4.78, 5) is 35.2. The number of primary amides is 1. The number of carbonyl (C=O) groups is 3. The molecule has 1 aromatic heterocycles. The predicted molar refractivity (Wildman–Crippen MR) is 84.9 cm³/mol. The van der Waals surface area contributed by atoms with Crippen LogP contribution in [0.15, 0.2) is 24.3 Å². The summed E-state index contributed by atoms with van der Waals surface area (Å²) in [6.07, 6.45) is 1.82. The molecule has 124 valence electrons. The van der Waals surface area contributed by atoms with Gasteiger partial charge in [0.05, 0.1) is 30.5 Å². The van der Waals surface area contributed by atoms with Crippen LogP contribution in [-0.2, 0) is 17.7 Å². The van der Waals surface area contributed by atoms with Gasteiger partial charge in [-0.3, -0.25) is 14.3 Å². The van der Waals surface area contributed by atoms with Gasteiger partial charge in [0.1, 0.15) is 0 Å². The highest BCUT2D eigenvalue weighted by atomic mass is 16.5. The summed E-state index contributed by atoms with van der Waals surface area (Å²) in [6.45, 7) is 0.393. The minimum Gasteiger partial charge on any atom is -0.465 e. The maximum Gasteiger partial charge on any atom is 0.337 e. The number of methoxy groups -OCH3 is 1. The van der Waals surface area contributed by atoms with E-state index in [1.54, 1.807) is 28.9 Å². The van der Waals surface area contributed by atoms with E-state index in [1.807, 2.05) is 0 Å². The van der Waals surface area contributed by atoms with Gasteiger partial charge in [0.2, 0.25) is 0 Å². The molecule has 0 bridgehead atoms. The number of hydrogen-bond donors (Lipinski definition) is 1. The minimum absolute atomic E-state index is 0.0425. The van der Waals surface area contributed by atoms with Crippen molar-refractivity contribution in [3.63, 3.8) is 0 Å². The average Bonchev–Trinajstić information content (AvgIpc) is 2.95. The minimum atomic E-state index is -0.693. The number of hydrogen-bond acceptors (Lipinski definition) is 5. The lowest BCUT2D eigenvalue weighted by Crippen LogP contribution is -2.18. The van der Waals surface area contributed by atoms with Crippen LogP contribution >= 0.6 is 0 Å². The molecule has 0 fully saturated rings. The van der Waals surface area contributed by atoms with Crippen molar-refractivity contribution >= 4 is 17.7 Å². The summed E-state index contributed by atoms with van der Waals surface area (Å²) in [5.41, 5.74) is 7.85. The largest absolute Gasteiger partial charge is 0.465 e. The van der Waals surface area contributed by atoms with E-state index in [0.717, 1.165) is 17.7 Å². The summed E-state index contributed by atoms with van der Waals surface area (Å²) in [5, 5.41) is 4.24. The van der Waals surface area contributed by atoms with Crippen LogP contribution in [0.25, 0.3) is 0 Å². The normalized spacial score (nSPS) is 13.5. The second-order valence-corrected chi connectivity index (χ2v) is 5.66. The number of esters is 1. The van der Waals surface area contributed by atoms with Crippen LogP contribution < -0.4 is 5.73 Å². The fraction of sp³-hybridized carbons (Fsp3) is 0.294. The molecule has 1 aromatic carbocycles. The van der Waals surface area contributed by atoms with Gasteiger partial charge in [-0.25, -0.2) is 4.79 Å². The predicted octanol–water partition coefficient (Wildman–Crippen LogP) is 1.34. The van der Waals surface area contributed by atoms with E-state index in [1.165, 1.54) is 7.11 Å². The van der Waals surface area contributed by atoms with Crippen molar-refractivity contribution in [2.24, 2.45) is 5.73 Å². The van der Waals surface area contributed by atoms with Crippen LogP contribution in [0.3, 0.4) is 0 Å². The Morgan fingerprint density at radius 3 is 2.58 bits per heavy atom. The van der Waals surface area contributed by atoms with Crippen LogP contribution in [0.1, 0.15) is 55.3 Å². The first-order chi connectivity index (χ1) is 11.5. The number of amides is 1. The third-order valence-electron chi connectivity index (χ3n) is 4.09. The average molecular weight is 327 g/mol. The van der Waals surface area contributed by atoms with Crippen LogP contribution in [0.2, 0.25) is 0 Å². The Morgan fingerprint density at radius 2 is 1.96 bits per heavy atom. The molecule has 3 rings (SSSR count). The van der Waals surface area contributed by atoms with E-state index >= 15 is 0 Å². The Morgan fingerprint density at radius 1 is 1.25 bits per heavy atom. The molecule has 2 aromatic rings. The fourth-order valence-corrected chi connectivity index (χ4v) is 2.93. The lowest BCUT2D eigenvalue weighted by molar-refractivity contribution is 0.0600. The summed E-state index contributed by atoms with van der Waals surface area (Å²) < 4.78 is 6.32. The van der Waals surface area contributed by atoms with E-state index in [2.05, 4.69) is 9.84 Å². The lowest BCUT2D eigenvalue weighted by atomic mass is 9.94. The molecule has 0 atom stereocenters. The van der Waals surface area contributed by atoms with Crippen molar-refractivity contribution < 1.29 is 19.1 Å². The van der Waals surface area contributed by atoms with Gasteiger partial charge in [-0.15, -0.1) is 0 Å². The molecule has 0 radical (unpaired) electrons. The first kappa shape index (κ1) is 15.9. The van der Waals surface area contributed by atoms with Crippen molar-refractivity contribution in [3.8, 4) is 0 Å². The molecule has 2 N–H and O–H groups in total. The lowest BCUT2D eigenvalue weighted by Gasteiger charge is -2.13. The van der Waals surface area contributed by atoms with Crippen LogP contribution in [0.5, 0.6) is 0 Å². The zero-order chi connectivity index (χ0) is 17.3. The summed E-state index contributed by atoms with van der Waals surface area (Å²) in [6, 6.07) is 6.90. The molecular formula is C17H17N3O4. The Labute approximate surface area is 138 Å². The van der Waals surface area contributed by atoms with Gasteiger partial charge in [-0.2, -0.15) is 5.10 Å². The van der Waals surface area contributed by atoms with Crippen molar-refractivity contribution in [3.05, 3.63) is 52.3 Å². The molecule has 0 unspecified atom stereocenters. The van der Waals surface area contributed by atoms with Crippen LogP contribution in [0.4, 0.5) is 0 Å². The number of aromatic nitrogens is 2. The van der Waals surface area contributed by atoms with Crippen molar-refractivity contribution in [1.29, 1.82) is 0 Å². The Kier molecular flexibility index (Phi) is 4.16. The summed E-state index contributed by atoms with van der Waals surface area (Å²) in [5.74, 6) is -1.18. The van der Waals surface area contributed by atoms with Crippen molar-refractivity contribution in [2.75, 3.05) is 7.11 Å². The second-order valence-electron chi connectivity index (χ2n) is 5.66. The Hall–Kier alpha value is -2.96. The van der Waals surface area contributed by atoms with Gasteiger partial charge in [-0.05, 0) is 30.5 Å². The molecule has 1 aliphatic carbocycles. The smallest absolute Gasteiger partial charge is 0.337 e. The fourth-order valence-electron chi connectivity index (χ4n) is 2.93. The summed E-state index contributed by atoms with van der Waals surface area (Å²) in [7, 11) is 1.33. The number of nitrogens with two attached hydrogens (primary N) is 1. The first-order valence-corrected chi connectivity index (χ1v) is 7.61. The molecule has 1 aliphatic rings. The van der Waals surface area contributed by atoms with Crippen molar-refractivity contribution in [1.82, 2.24) is 9.78 Å². The number of carbonyl (C=O) groups excluding carboxylic acids is 3. The second kappa shape index (κ2) is 6.27. The first-order valence-electron chi connectivity index (χ1n) is 7.61. The van der Waals surface area contributed by atoms with E-state index in [-0.39, 0.29) is 11.5 Å². The third kappa shape index (κ3) is 2.80. The molecule has 24 heavy (non-hydrogen) atoms. The van der Waals surface area contributed by atoms with Crippen LogP contribution in [-0.4, -0.2) is 34.6 Å². The zero-order valence-electron chi connectivity index (χ0n) is 13.2. The number of nitrogens with zero attached hydrogens (tertiary/aromatic N) is 2. The van der Waals surface area contributed by atoms with E-state index in [4.69, 9.17) is 5.73 Å². The van der Waals surface area contributed by atoms with Gasteiger partial charge in [0.15, 0.2) is 11.5 Å². The summed E-state index contributed by atoms with van der Waals surface area (Å²) >= 11 is 0. The standard InChI is InChI=1S/C17H17N3O4/c1-24-17(23)11-7-5-10(6-8-11)9-20-12-3-2-4-13(21)14(12)15(19-20)16(18)22/h5-8H,2-4,9H2,1H3,(H2,18,22).